The second-order valence-electron chi connectivity index (χ2n) is 4.06. The highest BCUT2D eigenvalue weighted by Gasteiger charge is 2.16. The zero-order chi connectivity index (χ0) is 14.9. The lowest BCUT2D eigenvalue weighted by molar-refractivity contribution is 0.102. The van der Waals surface area contributed by atoms with Crippen LogP contribution in [0.25, 0.3) is 0 Å². The number of hydrogen-bond acceptors (Lipinski definition) is 4. The summed E-state index contributed by atoms with van der Waals surface area (Å²) in [5.74, 6) is -0.921. The van der Waals surface area contributed by atoms with Crippen LogP contribution in [0.3, 0.4) is 0 Å². The predicted octanol–water partition coefficient (Wildman–Crippen LogP) is 3.97. The maximum absolute atomic E-state index is 13.1. The normalized spacial score (nSPS) is 12.2. The minimum Gasteiger partial charge on any atom is -0.322 e. The SMILES string of the molecule is CC(N)c1nc(C(=O)Nc2c(Cl)cc(F)cc2Br)cs1. The van der Waals surface area contributed by atoms with Crippen molar-refractivity contribution in [2.24, 2.45) is 5.73 Å². The van der Waals surface area contributed by atoms with Gasteiger partial charge in [-0.2, -0.15) is 0 Å². The summed E-state index contributed by atoms with van der Waals surface area (Å²) in [6.07, 6.45) is 0. The van der Waals surface area contributed by atoms with Crippen molar-refractivity contribution < 1.29 is 9.18 Å². The summed E-state index contributed by atoms with van der Waals surface area (Å²) < 4.78 is 13.5. The van der Waals surface area contributed by atoms with E-state index >= 15 is 0 Å². The summed E-state index contributed by atoms with van der Waals surface area (Å²) in [6.45, 7) is 1.79. The molecule has 106 valence electrons. The third kappa shape index (κ3) is 3.35. The summed E-state index contributed by atoms with van der Waals surface area (Å²) in [7, 11) is 0. The molecule has 1 atom stereocenters. The average Bonchev–Trinajstić information content (AvgIpc) is 2.83. The van der Waals surface area contributed by atoms with E-state index in [1.807, 2.05) is 0 Å². The van der Waals surface area contributed by atoms with Gasteiger partial charge in [0.15, 0.2) is 0 Å². The van der Waals surface area contributed by atoms with E-state index in [0.29, 0.717) is 15.2 Å². The van der Waals surface area contributed by atoms with Crippen molar-refractivity contribution in [2.75, 3.05) is 5.32 Å². The monoisotopic (exact) mass is 377 g/mol. The second-order valence-corrected chi connectivity index (χ2v) is 6.21. The average molecular weight is 379 g/mol. The molecule has 0 radical (unpaired) electrons. The van der Waals surface area contributed by atoms with Crippen LogP contribution in [0, 0.1) is 5.82 Å². The number of anilines is 1. The van der Waals surface area contributed by atoms with Crippen molar-refractivity contribution in [1.82, 2.24) is 4.98 Å². The fourth-order valence-electron chi connectivity index (χ4n) is 1.44. The highest BCUT2D eigenvalue weighted by Crippen LogP contribution is 2.32. The lowest BCUT2D eigenvalue weighted by Crippen LogP contribution is -2.14. The molecular formula is C12H10BrClFN3OS. The van der Waals surface area contributed by atoms with E-state index in [9.17, 15) is 9.18 Å². The molecule has 1 unspecified atom stereocenters. The Labute approximate surface area is 132 Å². The molecule has 0 spiro atoms. The molecule has 1 heterocycles. The van der Waals surface area contributed by atoms with Crippen molar-refractivity contribution >= 4 is 50.5 Å². The third-order valence-electron chi connectivity index (χ3n) is 2.39. The number of thiazole rings is 1. The Bertz CT molecular complexity index is 639. The van der Waals surface area contributed by atoms with Crippen LogP contribution in [-0.2, 0) is 0 Å². The van der Waals surface area contributed by atoms with Crippen LogP contribution >= 0.6 is 38.9 Å². The molecule has 8 heteroatoms. The van der Waals surface area contributed by atoms with Gasteiger partial charge in [-0.05, 0) is 35.0 Å². The quantitative estimate of drug-likeness (QED) is 0.849. The lowest BCUT2D eigenvalue weighted by atomic mass is 10.3. The number of aromatic nitrogens is 1. The Hall–Kier alpha value is -1.02. The molecule has 1 aromatic heterocycles. The minimum absolute atomic E-state index is 0.105. The number of rotatable bonds is 3. The van der Waals surface area contributed by atoms with Gasteiger partial charge in [-0.25, -0.2) is 9.37 Å². The fraction of sp³-hybridized carbons (Fsp3) is 0.167. The largest absolute Gasteiger partial charge is 0.322 e. The van der Waals surface area contributed by atoms with E-state index in [0.717, 1.165) is 6.07 Å². The molecule has 4 nitrogen and oxygen atoms in total. The van der Waals surface area contributed by atoms with E-state index in [1.54, 1.807) is 12.3 Å². The van der Waals surface area contributed by atoms with E-state index in [4.69, 9.17) is 17.3 Å². The predicted molar refractivity (Wildman–Crippen MR) is 81.8 cm³/mol. The third-order valence-corrected chi connectivity index (χ3v) is 4.36. The van der Waals surface area contributed by atoms with Gasteiger partial charge in [0, 0.05) is 9.85 Å². The molecule has 1 aromatic carbocycles. The minimum atomic E-state index is -0.493. The van der Waals surface area contributed by atoms with Crippen LogP contribution < -0.4 is 11.1 Å². The molecule has 0 aliphatic heterocycles. The zero-order valence-corrected chi connectivity index (χ0v) is 13.4. The molecule has 0 saturated heterocycles. The van der Waals surface area contributed by atoms with Gasteiger partial charge in [0.2, 0.25) is 0 Å². The summed E-state index contributed by atoms with van der Waals surface area (Å²) in [5, 5.41) is 4.97. The number of carbonyl (C=O) groups is 1. The number of benzene rings is 1. The zero-order valence-electron chi connectivity index (χ0n) is 10.3. The van der Waals surface area contributed by atoms with Gasteiger partial charge in [-0.1, -0.05) is 11.6 Å². The molecule has 2 aromatic rings. The molecule has 2 rings (SSSR count). The summed E-state index contributed by atoms with van der Waals surface area (Å²) in [4.78, 5) is 16.2. The van der Waals surface area contributed by atoms with Crippen LogP contribution in [0.1, 0.15) is 28.5 Å². The fourth-order valence-corrected chi connectivity index (χ4v) is 3.10. The maximum atomic E-state index is 13.1. The van der Waals surface area contributed by atoms with Crippen molar-refractivity contribution in [3.63, 3.8) is 0 Å². The second kappa shape index (κ2) is 6.17. The standard InChI is InChI=1S/C12H10BrClFN3OS/c1-5(16)12-17-9(4-20-12)11(19)18-10-7(13)2-6(15)3-8(10)14/h2-5H,16H2,1H3,(H,18,19). The number of nitrogens with zero attached hydrogens (tertiary/aromatic N) is 1. The van der Waals surface area contributed by atoms with Crippen LogP contribution in [0.2, 0.25) is 5.02 Å². The number of halogens is 3. The Morgan fingerprint density at radius 2 is 2.30 bits per heavy atom. The first-order valence-electron chi connectivity index (χ1n) is 5.55. The Balaban J connectivity index is 2.23. The molecular weight excluding hydrogens is 369 g/mol. The van der Waals surface area contributed by atoms with E-state index in [2.05, 4.69) is 26.2 Å². The summed E-state index contributed by atoms with van der Waals surface area (Å²) in [5.41, 5.74) is 6.24. The van der Waals surface area contributed by atoms with Crippen LogP contribution in [0.15, 0.2) is 22.0 Å². The molecule has 20 heavy (non-hydrogen) atoms. The van der Waals surface area contributed by atoms with Gasteiger partial charge >= 0.3 is 0 Å². The number of amides is 1. The molecule has 0 bridgehead atoms. The Morgan fingerprint density at radius 1 is 1.60 bits per heavy atom. The number of hydrogen-bond donors (Lipinski definition) is 2. The van der Waals surface area contributed by atoms with Crippen molar-refractivity contribution in [3.05, 3.63) is 43.5 Å². The van der Waals surface area contributed by atoms with E-state index in [-0.39, 0.29) is 16.8 Å². The first kappa shape index (κ1) is 15.4. The highest BCUT2D eigenvalue weighted by atomic mass is 79.9. The molecule has 0 aliphatic rings. The number of carbonyl (C=O) groups excluding carboxylic acids is 1. The molecule has 3 N–H and O–H groups in total. The molecule has 0 saturated carbocycles. The van der Waals surface area contributed by atoms with Crippen LogP contribution in [0.4, 0.5) is 10.1 Å². The Kier molecular flexibility index (Phi) is 4.74. The first-order chi connectivity index (χ1) is 9.38. The number of nitrogens with one attached hydrogen (secondary N) is 1. The van der Waals surface area contributed by atoms with E-state index < -0.39 is 11.7 Å². The number of nitrogens with two attached hydrogens (primary N) is 1. The Morgan fingerprint density at radius 3 is 2.85 bits per heavy atom. The smallest absolute Gasteiger partial charge is 0.275 e. The molecule has 0 fully saturated rings. The molecule has 1 amide bonds. The maximum Gasteiger partial charge on any atom is 0.275 e. The topological polar surface area (TPSA) is 68.0 Å². The van der Waals surface area contributed by atoms with Crippen molar-refractivity contribution in [1.29, 1.82) is 0 Å². The first-order valence-corrected chi connectivity index (χ1v) is 7.60. The summed E-state index contributed by atoms with van der Waals surface area (Å²) >= 11 is 10.4. The van der Waals surface area contributed by atoms with Gasteiger partial charge in [0.1, 0.15) is 16.5 Å². The van der Waals surface area contributed by atoms with Gasteiger partial charge < -0.3 is 11.1 Å². The van der Waals surface area contributed by atoms with Gasteiger partial charge in [0.25, 0.3) is 5.91 Å². The highest BCUT2D eigenvalue weighted by molar-refractivity contribution is 9.10. The molecule has 0 aliphatic carbocycles. The van der Waals surface area contributed by atoms with Crippen molar-refractivity contribution in [2.45, 2.75) is 13.0 Å². The van der Waals surface area contributed by atoms with Gasteiger partial charge in [0.05, 0.1) is 16.8 Å². The van der Waals surface area contributed by atoms with Gasteiger partial charge in [-0.3, -0.25) is 4.79 Å². The van der Waals surface area contributed by atoms with E-state index in [1.165, 1.54) is 17.4 Å². The van der Waals surface area contributed by atoms with Crippen molar-refractivity contribution in [3.8, 4) is 0 Å². The van der Waals surface area contributed by atoms with Crippen LogP contribution in [0.5, 0.6) is 0 Å². The lowest BCUT2D eigenvalue weighted by Gasteiger charge is -2.08. The van der Waals surface area contributed by atoms with Gasteiger partial charge in [-0.15, -0.1) is 11.3 Å². The van der Waals surface area contributed by atoms with Crippen LogP contribution in [-0.4, -0.2) is 10.9 Å². The summed E-state index contributed by atoms with van der Waals surface area (Å²) in [6, 6.07) is 2.11.